The van der Waals surface area contributed by atoms with Gasteiger partial charge in [-0.05, 0) is 63.9 Å². The molecule has 4 aromatic carbocycles. The molecule has 4 rings (SSSR count). The number of hydrogen-bond donors (Lipinski definition) is 1. The second-order valence-corrected chi connectivity index (χ2v) is 7.74. The van der Waals surface area contributed by atoms with Crippen LogP contribution in [0.4, 0.5) is 5.69 Å². The Hall–Kier alpha value is -3.70. The van der Waals surface area contributed by atoms with Gasteiger partial charge in [0, 0.05) is 38.2 Å². The van der Waals surface area contributed by atoms with Gasteiger partial charge in [-0.2, -0.15) is 0 Å². The van der Waals surface area contributed by atoms with E-state index in [1.54, 1.807) is 0 Å². The van der Waals surface area contributed by atoms with E-state index in [0.29, 0.717) is 12.2 Å². The van der Waals surface area contributed by atoms with Gasteiger partial charge < -0.3 is 10.0 Å². The summed E-state index contributed by atoms with van der Waals surface area (Å²) in [6, 6.07) is 28.8. The largest absolute Gasteiger partial charge is 0.508 e. The molecule has 0 saturated carbocycles. The first-order valence-corrected chi connectivity index (χ1v) is 10.1. The van der Waals surface area contributed by atoms with Crippen molar-refractivity contribution in [2.24, 2.45) is 0 Å². The SMILES string of the molecule is CN(C)c1ccc(Cc2cc3cc(C#CCc4ccccc4)ccc3cc2O)cc1. The summed E-state index contributed by atoms with van der Waals surface area (Å²) >= 11 is 0. The van der Waals surface area contributed by atoms with Crippen LogP contribution in [0.2, 0.25) is 0 Å². The van der Waals surface area contributed by atoms with Crippen LogP contribution in [0.3, 0.4) is 0 Å². The van der Waals surface area contributed by atoms with Gasteiger partial charge in [0.15, 0.2) is 0 Å². The molecule has 0 aliphatic carbocycles. The van der Waals surface area contributed by atoms with Crippen molar-refractivity contribution in [2.45, 2.75) is 12.8 Å². The maximum atomic E-state index is 10.5. The van der Waals surface area contributed by atoms with Gasteiger partial charge in [0.1, 0.15) is 5.75 Å². The molecule has 30 heavy (non-hydrogen) atoms. The van der Waals surface area contributed by atoms with Gasteiger partial charge in [0.2, 0.25) is 0 Å². The van der Waals surface area contributed by atoms with Crippen LogP contribution in [-0.4, -0.2) is 19.2 Å². The number of aromatic hydroxyl groups is 1. The lowest BCUT2D eigenvalue weighted by molar-refractivity contribution is 0.470. The highest BCUT2D eigenvalue weighted by atomic mass is 16.3. The summed E-state index contributed by atoms with van der Waals surface area (Å²) in [4.78, 5) is 2.08. The molecule has 4 aromatic rings. The van der Waals surface area contributed by atoms with Gasteiger partial charge in [-0.25, -0.2) is 0 Å². The normalized spacial score (nSPS) is 10.5. The Labute approximate surface area is 178 Å². The van der Waals surface area contributed by atoms with Crippen molar-refractivity contribution < 1.29 is 5.11 Å². The fraction of sp³-hybridized carbons (Fsp3) is 0.143. The third-order valence-electron chi connectivity index (χ3n) is 5.25. The lowest BCUT2D eigenvalue weighted by Gasteiger charge is -2.13. The predicted molar refractivity (Wildman–Crippen MR) is 126 cm³/mol. The fourth-order valence-electron chi connectivity index (χ4n) is 3.53. The van der Waals surface area contributed by atoms with Gasteiger partial charge >= 0.3 is 0 Å². The maximum Gasteiger partial charge on any atom is 0.119 e. The van der Waals surface area contributed by atoms with Gasteiger partial charge in [-0.3, -0.25) is 0 Å². The van der Waals surface area contributed by atoms with Crippen LogP contribution < -0.4 is 4.90 Å². The van der Waals surface area contributed by atoms with Crippen molar-refractivity contribution in [3.8, 4) is 17.6 Å². The summed E-state index contributed by atoms with van der Waals surface area (Å²) in [7, 11) is 4.06. The summed E-state index contributed by atoms with van der Waals surface area (Å²) in [5.41, 5.74) is 5.48. The van der Waals surface area contributed by atoms with Crippen LogP contribution in [0.25, 0.3) is 10.8 Å². The highest BCUT2D eigenvalue weighted by Gasteiger charge is 2.06. The lowest BCUT2D eigenvalue weighted by atomic mass is 9.98. The molecular formula is C28H25NO. The van der Waals surface area contributed by atoms with Crippen LogP contribution in [0.15, 0.2) is 84.9 Å². The maximum absolute atomic E-state index is 10.5. The third-order valence-corrected chi connectivity index (χ3v) is 5.25. The van der Waals surface area contributed by atoms with Crippen LogP contribution in [0.1, 0.15) is 22.3 Å². The van der Waals surface area contributed by atoms with Crippen LogP contribution in [0, 0.1) is 11.8 Å². The smallest absolute Gasteiger partial charge is 0.119 e. The minimum Gasteiger partial charge on any atom is -0.508 e. The summed E-state index contributed by atoms with van der Waals surface area (Å²) in [5.74, 6) is 6.86. The van der Waals surface area contributed by atoms with Crippen molar-refractivity contribution >= 4 is 16.5 Å². The Kier molecular flexibility index (Phi) is 5.72. The topological polar surface area (TPSA) is 23.5 Å². The zero-order chi connectivity index (χ0) is 20.9. The molecule has 0 aliphatic heterocycles. The van der Waals surface area contributed by atoms with Crippen molar-refractivity contribution in [3.63, 3.8) is 0 Å². The van der Waals surface area contributed by atoms with Crippen molar-refractivity contribution in [3.05, 3.63) is 107 Å². The number of benzene rings is 4. The monoisotopic (exact) mass is 391 g/mol. The molecule has 0 spiro atoms. The van der Waals surface area contributed by atoms with Crippen molar-refractivity contribution in [1.82, 2.24) is 0 Å². The van der Waals surface area contributed by atoms with Crippen molar-refractivity contribution in [1.29, 1.82) is 0 Å². The highest BCUT2D eigenvalue weighted by molar-refractivity contribution is 5.86. The minimum absolute atomic E-state index is 0.335. The first-order valence-electron chi connectivity index (χ1n) is 10.1. The van der Waals surface area contributed by atoms with Gasteiger partial charge in [-0.15, -0.1) is 0 Å². The predicted octanol–water partition coefficient (Wildman–Crippen LogP) is 5.80. The van der Waals surface area contributed by atoms with Crippen LogP contribution in [0.5, 0.6) is 5.75 Å². The molecule has 0 aromatic heterocycles. The van der Waals surface area contributed by atoms with E-state index in [1.807, 2.05) is 50.5 Å². The first kappa shape index (κ1) is 19.6. The van der Waals surface area contributed by atoms with Crippen LogP contribution >= 0.6 is 0 Å². The molecule has 2 heteroatoms. The number of anilines is 1. The molecule has 0 bridgehead atoms. The Balaban J connectivity index is 1.57. The molecule has 0 saturated heterocycles. The quantitative estimate of drug-likeness (QED) is 0.445. The van der Waals surface area contributed by atoms with E-state index in [9.17, 15) is 5.11 Å². The zero-order valence-electron chi connectivity index (χ0n) is 17.4. The average molecular weight is 392 g/mol. The zero-order valence-corrected chi connectivity index (χ0v) is 17.4. The molecule has 2 nitrogen and oxygen atoms in total. The lowest BCUT2D eigenvalue weighted by Crippen LogP contribution is -2.08. The summed E-state index contributed by atoms with van der Waals surface area (Å²) in [6.07, 6.45) is 1.43. The molecule has 0 atom stereocenters. The molecule has 148 valence electrons. The van der Waals surface area contributed by atoms with Gasteiger partial charge in [0.25, 0.3) is 0 Å². The van der Waals surface area contributed by atoms with E-state index in [2.05, 4.69) is 65.3 Å². The number of hydrogen-bond acceptors (Lipinski definition) is 2. The number of phenolic OH excluding ortho intramolecular Hbond substituents is 1. The summed E-state index contributed by atoms with van der Waals surface area (Å²) in [5, 5.41) is 12.6. The molecular weight excluding hydrogens is 366 g/mol. The van der Waals surface area contributed by atoms with Gasteiger partial charge in [0.05, 0.1) is 0 Å². The van der Waals surface area contributed by atoms with Gasteiger partial charge in [-0.1, -0.05) is 60.4 Å². The number of rotatable bonds is 4. The fourth-order valence-corrected chi connectivity index (χ4v) is 3.53. The Morgan fingerprint density at radius 1 is 0.767 bits per heavy atom. The van der Waals surface area contributed by atoms with E-state index < -0.39 is 0 Å². The van der Waals surface area contributed by atoms with E-state index in [1.165, 1.54) is 16.8 Å². The number of phenols is 1. The summed E-state index contributed by atoms with van der Waals surface area (Å²) in [6.45, 7) is 0. The van der Waals surface area contributed by atoms with Crippen LogP contribution in [-0.2, 0) is 12.8 Å². The van der Waals surface area contributed by atoms with E-state index in [-0.39, 0.29) is 0 Å². The first-order chi connectivity index (χ1) is 14.6. The molecule has 0 amide bonds. The number of nitrogens with zero attached hydrogens (tertiary/aromatic N) is 1. The molecule has 0 radical (unpaired) electrons. The Morgan fingerprint density at radius 2 is 1.53 bits per heavy atom. The second-order valence-electron chi connectivity index (χ2n) is 7.74. The molecule has 0 unspecified atom stereocenters. The van der Waals surface area contributed by atoms with Crippen molar-refractivity contribution in [2.75, 3.05) is 19.0 Å². The molecule has 0 fully saturated rings. The molecule has 0 heterocycles. The third kappa shape index (κ3) is 4.64. The second kappa shape index (κ2) is 8.76. The minimum atomic E-state index is 0.335. The van der Waals surface area contributed by atoms with E-state index in [4.69, 9.17) is 0 Å². The summed E-state index contributed by atoms with van der Waals surface area (Å²) < 4.78 is 0. The molecule has 1 N–H and O–H groups in total. The Bertz CT molecular complexity index is 1210. The van der Waals surface area contributed by atoms with E-state index >= 15 is 0 Å². The average Bonchev–Trinajstić information content (AvgIpc) is 2.75. The standard InChI is InChI=1S/C28H25NO/c1-29(2)27-15-12-23(13-16-27)18-26-19-25-17-22(11-14-24(25)20-28(26)30)10-6-9-21-7-4-3-5-8-21/h3-5,7-8,11-17,19-20,30H,9,18H2,1-2H3. The Morgan fingerprint density at radius 3 is 2.27 bits per heavy atom. The molecule has 0 aliphatic rings. The number of fused-ring (bicyclic) bond motifs is 1. The highest BCUT2D eigenvalue weighted by Crippen LogP contribution is 2.28. The van der Waals surface area contributed by atoms with E-state index in [0.717, 1.165) is 28.3 Å².